The molecular weight excluding hydrogens is 182 g/mol. The van der Waals surface area contributed by atoms with Crippen molar-refractivity contribution in [2.24, 2.45) is 0 Å². The molecule has 0 spiro atoms. The van der Waals surface area contributed by atoms with Gasteiger partial charge in [0.25, 0.3) is 5.69 Å². The van der Waals surface area contributed by atoms with Crippen LogP contribution in [0.15, 0.2) is 18.2 Å². The average molecular weight is 195 g/mol. The number of non-ortho nitro benzene ring substituents is 1. The second kappa shape index (κ2) is 4.09. The van der Waals surface area contributed by atoms with E-state index in [9.17, 15) is 10.1 Å². The third kappa shape index (κ3) is 2.02. The van der Waals surface area contributed by atoms with Gasteiger partial charge in [0.15, 0.2) is 0 Å². The number of ether oxygens (including phenoxy) is 1. The summed E-state index contributed by atoms with van der Waals surface area (Å²) < 4.78 is 5.09. The highest BCUT2D eigenvalue weighted by molar-refractivity contribution is 5.45. The SMILES string of the molecule is COc1cc([N+](=O)[O-])ccc1C(C)C. The minimum atomic E-state index is -0.424. The lowest BCUT2D eigenvalue weighted by atomic mass is 10.0. The number of nitrogens with zero attached hydrogens (tertiary/aromatic N) is 1. The average Bonchev–Trinajstić information content (AvgIpc) is 2.16. The predicted octanol–water partition coefficient (Wildman–Crippen LogP) is 2.73. The molecule has 0 aliphatic heterocycles. The molecule has 1 aromatic carbocycles. The van der Waals surface area contributed by atoms with Crippen LogP contribution in [0, 0.1) is 10.1 Å². The maximum atomic E-state index is 10.5. The van der Waals surface area contributed by atoms with Gasteiger partial charge >= 0.3 is 0 Å². The first-order valence-electron chi connectivity index (χ1n) is 4.38. The fourth-order valence-electron chi connectivity index (χ4n) is 1.29. The Hall–Kier alpha value is -1.58. The Morgan fingerprint density at radius 2 is 2.07 bits per heavy atom. The highest BCUT2D eigenvalue weighted by Gasteiger charge is 2.12. The van der Waals surface area contributed by atoms with Crippen molar-refractivity contribution in [2.75, 3.05) is 7.11 Å². The molecule has 0 saturated carbocycles. The van der Waals surface area contributed by atoms with Crippen molar-refractivity contribution in [2.45, 2.75) is 19.8 Å². The summed E-state index contributed by atoms with van der Waals surface area (Å²) in [6, 6.07) is 4.69. The molecular formula is C10H13NO3. The van der Waals surface area contributed by atoms with E-state index in [1.807, 2.05) is 13.8 Å². The van der Waals surface area contributed by atoms with E-state index in [4.69, 9.17) is 4.74 Å². The fraction of sp³-hybridized carbons (Fsp3) is 0.400. The molecule has 0 atom stereocenters. The van der Waals surface area contributed by atoms with E-state index < -0.39 is 4.92 Å². The van der Waals surface area contributed by atoms with Crippen molar-refractivity contribution >= 4 is 5.69 Å². The summed E-state index contributed by atoms with van der Waals surface area (Å²) in [6.07, 6.45) is 0. The molecule has 1 rings (SSSR count). The molecule has 0 heterocycles. The molecule has 0 saturated heterocycles. The monoisotopic (exact) mass is 195 g/mol. The van der Waals surface area contributed by atoms with E-state index in [1.54, 1.807) is 6.07 Å². The first kappa shape index (κ1) is 10.5. The molecule has 0 amide bonds. The summed E-state index contributed by atoms with van der Waals surface area (Å²) in [4.78, 5) is 10.1. The molecule has 0 unspecified atom stereocenters. The van der Waals surface area contributed by atoms with Crippen molar-refractivity contribution in [3.63, 3.8) is 0 Å². The zero-order valence-corrected chi connectivity index (χ0v) is 8.48. The van der Waals surface area contributed by atoms with Crippen LogP contribution in [-0.2, 0) is 0 Å². The molecule has 0 aromatic heterocycles. The van der Waals surface area contributed by atoms with Gasteiger partial charge in [0.1, 0.15) is 5.75 Å². The topological polar surface area (TPSA) is 52.4 Å². The van der Waals surface area contributed by atoms with Gasteiger partial charge in [-0.3, -0.25) is 10.1 Å². The van der Waals surface area contributed by atoms with Crippen LogP contribution in [0.4, 0.5) is 5.69 Å². The van der Waals surface area contributed by atoms with Crippen LogP contribution in [0.2, 0.25) is 0 Å². The Balaban J connectivity index is 3.18. The summed E-state index contributed by atoms with van der Waals surface area (Å²) in [7, 11) is 1.52. The van der Waals surface area contributed by atoms with Crippen molar-refractivity contribution in [1.29, 1.82) is 0 Å². The number of benzene rings is 1. The van der Waals surface area contributed by atoms with E-state index in [0.29, 0.717) is 11.7 Å². The third-order valence-corrected chi connectivity index (χ3v) is 2.05. The number of rotatable bonds is 3. The number of methoxy groups -OCH3 is 1. The minimum absolute atomic E-state index is 0.0613. The van der Waals surface area contributed by atoms with E-state index in [1.165, 1.54) is 19.2 Å². The Morgan fingerprint density at radius 1 is 1.43 bits per heavy atom. The Bertz CT molecular complexity index is 347. The number of nitro groups is 1. The summed E-state index contributed by atoms with van der Waals surface area (Å²) in [5.74, 6) is 0.875. The molecule has 0 N–H and O–H groups in total. The van der Waals surface area contributed by atoms with Gasteiger partial charge in [-0.2, -0.15) is 0 Å². The lowest BCUT2D eigenvalue weighted by molar-refractivity contribution is -0.384. The highest BCUT2D eigenvalue weighted by Crippen LogP contribution is 2.29. The predicted molar refractivity (Wildman–Crippen MR) is 53.7 cm³/mol. The zero-order valence-electron chi connectivity index (χ0n) is 8.48. The van der Waals surface area contributed by atoms with Gasteiger partial charge in [-0.05, 0) is 17.5 Å². The largest absolute Gasteiger partial charge is 0.496 e. The summed E-state index contributed by atoms with van der Waals surface area (Å²) in [5.41, 5.74) is 1.05. The van der Waals surface area contributed by atoms with Crippen LogP contribution in [0.3, 0.4) is 0 Å². The summed E-state index contributed by atoms with van der Waals surface area (Å²) >= 11 is 0. The van der Waals surface area contributed by atoms with Gasteiger partial charge in [0.2, 0.25) is 0 Å². The lowest BCUT2D eigenvalue weighted by Gasteiger charge is -2.10. The van der Waals surface area contributed by atoms with Crippen molar-refractivity contribution in [1.82, 2.24) is 0 Å². The minimum Gasteiger partial charge on any atom is -0.496 e. The number of nitro benzene ring substituents is 1. The van der Waals surface area contributed by atoms with Crippen molar-refractivity contribution in [3.8, 4) is 5.75 Å². The first-order chi connectivity index (χ1) is 6.56. The van der Waals surface area contributed by atoms with Gasteiger partial charge in [-0.15, -0.1) is 0 Å². The van der Waals surface area contributed by atoms with E-state index >= 15 is 0 Å². The molecule has 4 heteroatoms. The Kier molecular flexibility index (Phi) is 3.06. The molecule has 0 fully saturated rings. The molecule has 0 aliphatic carbocycles. The molecule has 14 heavy (non-hydrogen) atoms. The quantitative estimate of drug-likeness (QED) is 0.550. The van der Waals surface area contributed by atoms with Crippen LogP contribution in [0.5, 0.6) is 5.75 Å². The van der Waals surface area contributed by atoms with Gasteiger partial charge in [-0.1, -0.05) is 13.8 Å². The maximum absolute atomic E-state index is 10.5. The van der Waals surface area contributed by atoms with Crippen LogP contribution in [0.1, 0.15) is 25.3 Å². The standard InChI is InChI=1S/C10H13NO3/c1-7(2)9-5-4-8(11(12)13)6-10(9)14-3/h4-7H,1-3H3. The van der Waals surface area contributed by atoms with Crippen molar-refractivity contribution in [3.05, 3.63) is 33.9 Å². The summed E-state index contributed by atoms with van der Waals surface area (Å²) in [6.45, 7) is 4.04. The fourth-order valence-corrected chi connectivity index (χ4v) is 1.29. The molecule has 0 aliphatic rings. The number of hydrogen-bond acceptors (Lipinski definition) is 3. The maximum Gasteiger partial charge on any atom is 0.273 e. The molecule has 4 nitrogen and oxygen atoms in total. The second-order valence-electron chi connectivity index (χ2n) is 3.34. The highest BCUT2D eigenvalue weighted by atomic mass is 16.6. The Labute approximate surface area is 82.7 Å². The van der Waals surface area contributed by atoms with E-state index in [2.05, 4.69) is 0 Å². The number of hydrogen-bond donors (Lipinski definition) is 0. The van der Waals surface area contributed by atoms with Crippen LogP contribution >= 0.6 is 0 Å². The smallest absolute Gasteiger partial charge is 0.273 e. The van der Waals surface area contributed by atoms with Gasteiger partial charge in [0.05, 0.1) is 18.1 Å². The van der Waals surface area contributed by atoms with Crippen LogP contribution < -0.4 is 4.74 Å². The molecule has 76 valence electrons. The summed E-state index contributed by atoms with van der Waals surface area (Å²) in [5, 5.41) is 10.5. The lowest BCUT2D eigenvalue weighted by Crippen LogP contribution is -1.96. The normalized spacial score (nSPS) is 10.3. The van der Waals surface area contributed by atoms with E-state index in [-0.39, 0.29) is 5.69 Å². The molecule has 0 bridgehead atoms. The molecule has 0 radical (unpaired) electrons. The van der Waals surface area contributed by atoms with Gasteiger partial charge in [-0.25, -0.2) is 0 Å². The molecule has 1 aromatic rings. The van der Waals surface area contributed by atoms with Crippen LogP contribution in [-0.4, -0.2) is 12.0 Å². The van der Waals surface area contributed by atoms with Gasteiger partial charge < -0.3 is 4.74 Å². The Morgan fingerprint density at radius 3 is 2.50 bits per heavy atom. The van der Waals surface area contributed by atoms with Gasteiger partial charge in [0, 0.05) is 6.07 Å². The first-order valence-corrected chi connectivity index (χ1v) is 4.38. The van der Waals surface area contributed by atoms with Crippen molar-refractivity contribution < 1.29 is 9.66 Å². The third-order valence-electron chi connectivity index (χ3n) is 2.05. The zero-order chi connectivity index (χ0) is 10.7. The second-order valence-corrected chi connectivity index (χ2v) is 3.34. The van der Waals surface area contributed by atoms with E-state index in [0.717, 1.165) is 5.56 Å². The van der Waals surface area contributed by atoms with Crippen LogP contribution in [0.25, 0.3) is 0 Å².